The average molecular weight is 330 g/mol. The number of thiophene rings is 1. The van der Waals surface area contributed by atoms with Crippen LogP contribution in [-0.2, 0) is 19.4 Å². The summed E-state index contributed by atoms with van der Waals surface area (Å²) in [5.74, 6) is -1.31. The maximum atomic E-state index is 12.3. The number of amides is 2. The van der Waals surface area contributed by atoms with E-state index in [-0.39, 0.29) is 11.7 Å². The van der Waals surface area contributed by atoms with Gasteiger partial charge >= 0.3 is 0 Å². The number of nitrogens with zero attached hydrogens (tertiary/aromatic N) is 1. The van der Waals surface area contributed by atoms with Crippen molar-refractivity contribution in [3.05, 3.63) is 22.4 Å². The van der Waals surface area contributed by atoms with Crippen molar-refractivity contribution < 1.29 is 18.0 Å². The van der Waals surface area contributed by atoms with Gasteiger partial charge in [-0.05, 0) is 17.9 Å². The zero-order chi connectivity index (χ0) is 15.5. The van der Waals surface area contributed by atoms with Gasteiger partial charge in [0.25, 0.3) is 0 Å². The second-order valence-electron chi connectivity index (χ2n) is 4.89. The lowest BCUT2D eigenvalue weighted by molar-refractivity contribution is -0.141. The minimum absolute atomic E-state index is 0.0115. The summed E-state index contributed by atoms with van der Waals surface area (Å²) in [6, 6.07) is 2.86. The molecule has 1 fully saturated rings. The lowest BCUT2D eigenvalue weighted by atomic mass is 10.1. The molecule has 1 aromatic rings. The highest BCUT2D eigenvalue weighted by molar-refractivity contribution is 7.92. The average Bonchev–Trinajstić information content (AvgIpc) is 2.91. The topological polar surface area (TPSA) is 83.6 Å². The zero-order valence-electron chi connectivity index (χ0n) is 11.7. The van der Waals surface area contributed by atoms with Crippen LogP contribution in [0, 0.1) is 0 Å². The molecule has 21 heavy (non-hydrogen) atoms. The SMILES string of the molecule is CCCS(=O)(=O)CC(=O)N1CCNC(=O)[C@H]1c1cccs1. The third-order valence-corrected chi connectivity index (χ3v) is 5.85. The Hall–Kier alpha value is -1.41. The van der Waals surface area contributed by atoms with Crippen LogP contribution in [0.15, 0.2) is 17.5 Å². The van der Waals surface area contributed by atoms with Crippen LogP contribution in [0.1, 0.15) is 24.3 Å². The summed E-state index contributed by atoms with van der Waals surface area (Å²) in [6.45, 7) is 2.43. The van der Waals surface area contributed by atoms with Crippen LogP contribution in [0.4, 0.5) is 0 Å². The summed E-state index contributed by atoms with van der Waals surface area (Å²) in [6.07, 6.45) is 0.477. The molecule has 1 aromatic heterocycles. The highest BCUT2D eigenvalue weighted by Gasteiger charge is 2.36. The van der Waals surface area contributed by atoms with Crippen LogP contribution in [0.2, 0.25) is 0 Å². The van der Waals surface area contributed by atoms with E-state index in [2.05, 4.69) is 5.32 Å². The molecule has 116 valence electrons. The molecule has 2 amide bonds. The molecule has 1 aliphatic rings. The molecule has 1 aliphatic heterocycles. The number of hydrogen-bond acceptors (Lipinski definition) is 5. The molecule has 0 radical (unpaired) electrons. The largest absolute Gasteiger partial charge is 0.352 e. The van der Waals surface area contributed by atoms with E-state index in [4.69, 9.17) is 0 Å². The van der Waals surface area contributed by atoms with Gasteiger partial charge in [-0.2, -0.15) is 0 Å². The van der Waals surface area contributed by atoms with Crippen LogP contribution in [0.3, 0.4) is 0 Å². The van der Waals surface area contributed by atoms with Crippen molar-refractivity contribution in [2.24, 2.45) is 0 Å². The van der Waals surface area contributed by atoms with Gasteiger partial charge in [0.1, 0.15) is 11.8 Å². The van der Waals surface area contributed by atoms with Crippen LogP contribution in [0.25, 0.3) is 0 Å². The highest BCUT2D eigenvalue weighted by atomic mass is 32.2. The Balaban J connectivity index is 2.19. The minimum atomic E-state index is -3.41. The van der Waals surface area contributed by atoms with Gasteiger partial charge in [-0.25, -0.2) is 8.42 Å². The maximum absolute atomic E-state index is 12.3. The third kappa shape index (κ3) is 3.82. The van der Waals surface area contributed by atoms with Gasteiger partial charge in [-0.15, -0.1) is 11.3 Å². The smallest absolute Gasteiger partial charge is 0.248 e. The van der Waals surface area contributed by atoms with Gasteiger partial charge in [-0.1, -0.05) is 13.0 Å². The van der Waals surface area contributed by atoms with E-state index in [1.54, 1.807) is 19.1 Å². The number of nitrogens with one attached hydrogen (secondary N) is 1. The number of piperazine rings is 1. The van der Waals surface area contributed by atoms with E-state index in [0.29, 0.717) is 19.5 Å². The molecular weight excluding hydrogens is 312 g/mol. The fourth-order valence-corrected chi connectivity index (χ4v) is 4.46. The molecule has 2 rings (SSSR count). The summed E-state index contributed by atoms with van der Waals surface area (Å²) in [5.41, 5.74) is 0. The second kappa shape index (κ2) is 6.57. The number of rotatable bonds is 5. The zero-order valence-corrected chi connectivity index (χ0v) is 13.4. The standard InChI is InChI=1S/C13H18N2O4S2/c1-2-8-21(18,19)9-11(16)15-6-5-14-13(17)12(15)10-4-3-7-20-10/h3-4,7,12H,2,5-6,8-9H2,1H3,(H,14,17)/t12-/m1/s1. The number of sulfone groups is 1. The minimum Gasteiger partial charge on any atom is -0.352 e. The van der Waals surface area contributed by atoms with Crippen molar-refractivity contribution in [1.82, 2.24) is 10.2 Å². The maximum Gasteiger partial charge on any atom is 0.248 e. The van der Waals surface area contributed by atoms with Gasteiger partial charge in [0.15, 0.2) is 9.84 Å². The Morgan fingerprint density at radius 2 is 2.29 bits per heavy atom. The lowest BCUT2D eigenvalue weighted by Crippen LogP contribution is -2.53. The summed E-state index contributed by atoms with van der Waals surface area (Å²) in [4.78, 5) is 26.5. The van der Waals surface area contributed by atoms with E-state index in [1.807, 2.05) is 5.38 Å². The van der Waals surface area contributed by atoms with Crippen molar-refractivity contribution in [1.29, 1.82) is 0 Å². The molecule has 1 saturated heterocycles. The predicted molar refractivity (Wildman–Crippen MR) is 80.7 cm³/mol. The Labute approximate surface area is 128 Å². The monoisotopic (exact) mass is 330 g/mol. The van der Waals surface area contributed by atoms with Crippen molar-refractivity contribution in [3.8, 4) is 0 Å². The second-order valence-corrected chi connectivity index (χ2v) is 8.05. The van der Waals surface area contributed by atoms with Crippen molar-refractivity contribution in [2.75, 3.05) is 24.6 Å². The fourth-order valence-electron chi connectivity index (χ4n) is 2.32. The normalized spacial score (nSPS) is 19.4. The van der Waals surface area contributed by atoms with E-state index >= 15 is 0 Å². The Kier molecular flexibility index (Phi) is 5.00. The molecule has 6 nitrogen and oxygen atoms in total. The van der Waals surface area contributed by atoms with E-state index in [1.165, 1.54) is 16.2 Å². The van der Waals surface area contributed by atoms with Gasteiger partial charge in [-0.3, -0.25) is 9.59 Å². The predicted octanol–water partition coefficient (Wildman–Crippen LogP) is 0.572. The first kappa shape index (κ1) is 16.0. The summed E-state index contributed by atoms with van der Waals surface area (Å²) >= 11 is 1.38. The number of carbonyl (C=O) groups excluding carboxylic acids is 2. The van der Waals surface area contributed by atoms with E-state index in [9.17, 15) is 18.0 Å². The van der Waals surface area contributed by atoms with Crippen molar-refractivity contribution >= 4 is 33.0 Å². The van der Waals surface area contributed by atoms with Crippen molar-refractivity contribution in [3.63, 3.8) is 0 Å². The Bertz CT molecular complexity index is 610. The Morgan fingerprint density at radius 3 is 2.90 bits per heavy atom. The molecule has 0 saturated carbocycles. The molecule has 2 heterocycles. The molecule has 1 N–H and O–H groups in total. The van der Waals surface area contributed by atoms with Crippen LogP contribution >= 0.6 is 11.3 Å². The number of hydrogen-bond donors (Lipinski definition) is 1. The molecule has 0 aromatic carbocycles. The first-order chi connectivity index (χ1) is 9.94. The highest BCUT2D eigenvalue weighted by Crippen LogP contribution is 2.27. The fraction of sp³-hybridized carbons (Fsp3) is 0.538. The molecule has 0 bridgehead atoms. The molecule has 0 unspecified atom stereocenters. The summed E-state index contributed by atoms with van der Waals surface area (Å²) in [5, 5.41) is 4.54. The third-order valence-electron chi connectivity index (χ3n) is 3.20. The van der Waals surface area contributed by atoms with Crippen LogP contribution in [0.5, 0.6) is 0 Å². The van der Waals surface area contributed by atoms with Gasteiger partial charge in [0, 0.05) is 18.0 Å². The summed E-state index contributed by atoms with van der Waals surface area (Å²) < 4.78 is 23.6. The van der Waals surface area contributed by atoms with E-state index < -0.39 is 27.5 Å². The molecule has 0 spiro atoms. The Morgan fingerprint density at radius 1 is 1.52 bits per heavy atom. The quantitative estimate of drug-likeness (QED) is 0.856. The van der Waals surface area contributed by atoms with Gasteiger partial charge in [0.05, 0.1) is 5.75 Å². The molecule has 0 aliphatic carbocycles. The molecular formula is C13H18N2O4S2. The van der Waals surface area contributed by atoms with Crippen LogP contribution < -0.4 is 5.32 Å². The van der Waals surface area contributed by atoms with Crippen molar-refractivity contribution in [2.45, 2.75) is 19.4 Å². The molecule has 8 heteroatoms. The van der Waals surface area contributed by atoms with Crippen LogP contribution in [-0.4, -0.2) is 49.7 Å². The van der Waals surface area contributed by atoms with E-state index in [0.717, 1.165) is 4.88 Å². The first-order valence-corrected chi connectivity index (χ1v) is 9.45. The van der Waals surface area contributed by atoms with Gasteiger partial charge in [0.2, 0.25) is 11.8 Å². The lowest BCUT2D eigenvalue weighted by Gasteiger charge is -2.34. The first-order valence-electron chi connectivity index (χ1n) is 6.75. The molecule has 1 atom stereocenters. The summed E-state index contributed by atoms with van der Waals surface area (Å²) in [7, 11) is -3.41. The number of carbonyl (C=O) groups is 2. The van der Waals surface area contributed by atoms with Gasteiger partial charge < -0.3 is 10.2 Å².